The maximum atomic E-state index is 12.8. The van der Waals surface area contributed by atoms with Crippen molar-refractivity contribution in [3.8, 4) is 11.5 Å². The standard InChI is InChI=1S/C23H26N4O5/c1-5-17(22-16-10-19(31-3)20(32-4)11-18(16)26-23(22)30)25-14-6-8-15(9-7-14)27(13(2)28)12-21(24)29/h6-11,25H,5,12H2,1-4H3,(H2,24,29)(H,26,30). The normalized spacial score (nSPS) is 13.7. The van der Waals surface area contributed by atoms with E-state index < -0.39 is 5.91 Å². The minimum absolute atomic E-state index is 0.200. The zero-order valence-electron chi connectivity index (χ0n) is 18.4. The van der Waals surface area contributed by atoms with E-state index >= 15 is 0 Å². The Labute approximate surface area is 186 Å². The van der Waals surface area contributed by atoms with Gasteiger partial charge in [-0.3, -0.25) is 14.4 Å². The van der Waals surface area contributed by atoms with Crippen LogP contribution in [0.25, 0.3) is 5.57 Å². The van der Waals surface area contributed by atoms with Crippen LogP contribution < -0.4 is 30.7 Å². The Bertz CT molecular complexity index is 1090. The van der Waals surface area contributed by atoms with Crippen LogP contribution in [0.2, 0.25) is 0 Å². The van der Waals surface area contributed by atoms with Crippen LogP contribution in [0.3, 0.4) is 0 Å². The summed E-state index contributed by atoms with van der Waals surface area (Å²) < 4.78 is 10.7. The Kier molecular flexibility index (Phi) is 6.67. The van der Waals surface area contributed by atoms with Crippen LogP contribution in [0.5, 0.6) is 11.5 Å². The molecule has 0 radical (unpaired) electrons. The second kappa shape index (κ2) is 9.42. The molecule has 0 saturated heterocycles. The number of hydrogen-bond donors (Lipinski definition) is 3. The number of anilines is 3. The van der Waals surface area contributed by atoms with Gasteiger partial charge in [0.15, 0.2) is 11.5 Å². The Morgan fingerprint density at radius 3 is 2.25 bits per heavy atom. The number of nitrogens with one attached hydrogen (secondary N) is 2. The summed E-state index contributed by atoms with van der Waals surface area (Å²) in [6, 6.07) is 10.5. The topological polar surface area (TPSA) is 123 Å². The minimum atomic E-state index is -0.599. The fourth-order valence-corrected chi connectivity index (χ4v) is 3.56. The predicted molar refractivity (Wildman–Crippen MR) is 123 cm³/mol. The number of nitrogens with two attached hydrogens (primary N) is 1. The number of nitrogens with zero attached hydrogens (tertiary/aromatic N) is 1. The molecule has 0 bridgehead atoms. The summed E-state index contributed by atoms with van der Waals surface area (Å²) in [5, 5.41) is 6.16. The maximum Gasteiger partial charge on any atom is 0.258 e. The van der Waals surface area contributed by atoms with Gasteiger partial charge >= 0.3 is 0 Å². The van der Waals surface area contributed by atoms with Gasteiger partial charge in [0, 0.05) is 35.6 Å². The first-order valence-corrected chi connectivity index (χ1v) is 10.0. The van der Waals surface area contributed by atoms with Gasteiger partial charge in [0.1, 0.15) is 6.54 Å². The average molecular weight is 438 g/mol. The summed E-state index contributed by atoms with van der Waals surface area (Å²) in [5.41, 5.74) is 9.12. The lowest BCUT2D eigenvalue weighted by molar-refractivity contribution is -0.121. The Balaban J connectivity index is 1.94. The van der Waals surface area contributed by atoms with Crippen LogP contribution >= 0.6 is 0 Å². The summed E-state index contributed by atoms with van der Waals surface area (Å²) in [5.74, 6) is -0.0532. The van der Waals surface area contributed by atoms with Gasteiger partial charge in [0.25, 0.3) is 5.91 Å². The van der Waals surface area contributed by atoms with E-state index in [1.165, 1.54) is 18.9 Å². The lowest BCUT2D eigenvalue weighted by Crippen LogP contribution is -2.37. The molecule has 0 aliphatic carbocycles. The smallest absolute Gasteiger partial charge is 0.258 e. The lowest BCUT2D eigenvalue weighted by Gasteiger charge is -2.20. The molecule has 1 aliphatic rings. The molecule has 0 fully saturated rings. The first kappa shape index (κ1) is 22.7. The number of fused-ring (bicyclic) bond motifs is 1. The SMILES string of the molecule is CCC(Nc1ccc(N(CC(N)=O)C(C)=O)cc1)=C1C(=O)Nc2cc(OC)c(OC)cc21. The van der Waals surface area contributed by atoms with E-state index in [1.807, 2.05) is 6.92 Å². The van der Waals surface area contributed by atoms with Crippen LogP contribution in [-0.2, 0) is 14.4 Å². The average Bonchev–Trinajstić information content (AvgIpc) is 3.09. The van der Waals surface area contributed by atoms with Crippen molar-refractivity contribution >= 4 is 40.4 Å². The number of carbonyl (C=O) groups excluding carboxylic acids is 3. The van der Waals surface area contributed by atoms with Crippen molar-refractivity contribution < 1.29 is 23.9 Å². The van der Waals surface area contributed by atoms with Crippen LogP contribution in [0, 0.1) is 0 Å². The van der Waals surface area contributed by atoms with E-state index in [-0.39, 0.29) is 18.4 Å². The maximum absolute atomic E-state index is 12.8. The quantitative estimate of drug-likeness (QED) is 0.545. The molecule has 168 valence electrons. The van der Waals surface area contributed by atoms with Gasteiger partial charge in [-0.05, 0) is 36.8 Å². The monoisotopic (exact) mass is 438 g/mol. The van der Waals surface area contributed by atoms with E-state index in [1.54, 1.807) is 43.5 Å². The molecule has 2 aromatic carbocycles. The van der Waals surface area contributed by atoms with Crippen molar-refractivity contribution in [3.05, 3.63) is 47.7 Å². The van der Waals surface area contributed by atoms with Crippen molar-refractivity contribution in [1.82, 2.24) is 0 Å². The summed E-state index contributed by atoms with van der Waals surface area (Å²) in [4.78, 5) is 37.2. The fourth-order valence-electron chi connectivity index (χ4n) is 3.56. The molecule has 32 heavy (non-hydrogen) atoms. The Hall–Kier alpha value is -4.01. The Morgan fingerprint density at radius 1 is 1.09 bits per heavy atom. The van der Waals surface area contributed by atoms with Gasteiger partial charge in [-0.15, -0.1) is 0 Å². The highest BCUT2D eigenvalue weighted by molar-refractivity contribution is 6.32. The highest BCUT2D eigenvalue weighted by Crippen LogP contribution is 2.42. The van der Waals surface area contributed by atoms with Crippen LogP contribution in [-0.4, -0.2) is 38.5 Å². The van der Waals surface area contributed by atoms with E-state index in [0.717, 1.165) is 16.9 Å². The van der Waals surface area contributed by atoms with E-state index in [0.29, 0.717) is 34.9 Å². The van der Waals surface area contributed by atoms with Gasteiger partial charge in [0.05, 0.1) is 25.5 Å². The van der Waals surface area contributed by atoms with Gasteiger partial charge < -0.3 is 30.7 Å². The highest BCUT2D eigenvalue weighted by atomic mass is 16.5. The molecular weight excluding hydrogens is 412 g/mol. The predicted octanol–water partition coefficient (Wildman–Crippen LogP) is 2.73. The van der Waals surface area contributed by atoms with Gasteiger partial charge in [0.2, 0.25) is 11.8 Å². The molecule has 0 unspecified atom stereocenters. The second-order valence-electron chi connectivity index (χ2n) is 7.16. The summed E-state index contributed by atoms with van der Waals surface area (Å²) >= 11 is 0. The number of carbonyl (C=O) groups is 3. The number of methoxy groups -OCH3 is 2. The first-order valence-electron chi connectivity index (χ1n) is 10.0. The van der Waals surface area contributed by atoms with E-state index in [4.69, 9.17) is 15.2 Å². The van der Waals surface area contributed by atoms with Gasteiger partial charge in [-0.25, -0.2) is 0 Å². The third-order valence-corrected chi connectivity index (χ3v) is 5.09. The van der Waals surface area contributed by atoms with Crippen LogP contribution in [0.15, 0.2) is 42.1 Å². The van der Waals surface area contributed by atoms with Crippen molar-refractivity contribution in [2.24, 2.45) is 5.73 Å². The molecule has 3 rings (SSSR count). The van der Waals surface area contributed by atoms with Crippen molar-refractivity contribution in [2.75, 3.05) is 36.3 Å². The molecule has 0 saturated carbocycles. The number of ether oxygens (including phenoxy) is 2. The molecule has 1 heterocycles. The van der Waals surface area contributed by atoms with E-state index in [9.17, 15) is 14.4 Å². The number of primary amides is 1. The van der Waals surface area contributed by atoms with Crippen LogP contribution in [0.1, 0.15) is 25.8 Å². The summed E-state index contributed by atoms with van der Waals surface area (Å²) in [7, 11) is 3.08. The molecule has 0 aromatic heterocycles. The minimum Gasteiger partial charge on any atom is -0.493 e. The molecule has 1 aliphatic heterocycles. The number of benzene rings is 2. The summed E-state index contributed by atoms with van der Waals surface area (Å²) in [6.45, 7) is 3.11. The second-order valence-corrected chi connectivity index (χ2v) is 7.16. The lowest BCUT2D eigenvalue weighted by atomic mass is 10.0. The summed E-state index contributed by atoms with van der Waals surface area (Å²) in [6.07, 6.45) is 0.569. The number of rotatable bonds is 8. The van der Waals surface area contributed by atoms with Gasteiger partial charge in [-0.1, -0.05) is 6.92 Å². The van der Waals surface area contributed by atoms with Crippen molar-refractivity contribution in [2.45, 2.75) is 20.3 Å². The first-order chi connectivity index (χ1) is 15.3. The molecule has 2 aromatic rings. The molecule has 3 amide bonds. The Morgan fingerprint density at radius 2 is 1.72 bits per heavy atom. The number of hydrogen-bond acceptors (Lipinski definition) is 6. The van der Waals surface area contributed by atoms with Crippen LogP contribution in [0.4, 0.5) is 17.1 Å². The molecular formula is C23H26N4O5. The molecule has 9 nitrogen and oxygen atoms in total. The zero-order chi connectivity index (χ0) is 23.4. The largest absolute Gasteiger partial charge is 0.493 e. The van der Waals surface area contributed by atoms with Crippen molar-refractivity contribution in [1.29, 1.82) is 0 Å². The number of allylic oxidation sites excluding steroid dienone is 1. The third kappa shape index (κ3) is 4.51. The van der Waals surface area contributed by atoms with Gasteiger partial charge in [-0.2, -0.15) is 0 Å². The molecule has 0 atom stereocenters. The molecule has 9 heteroatoms. The molecule has 4 N–H and O–H groups in total. The fraction of sp³-hybridized carbons (Fsp3) is 0.261. The molecule has 0 spiro atoms. The third-order valence-electron chi connectivity index (χ3n) is 5.09. The number of amides is 3. The highest BCUT2D eigenvalue weighted by Gasteiger charge is 2.29. The van der Waals surface area contributed by atoms with E-state index in [2.05, 4.69) is 10.6 Å². The zero-order valence-corrected chi connectivity index (χ0v) is 18.4. The van der Waals surface area contributed by atoms with Crippen molar-refractivity contribution in [3.63, 3.8) is 0 Å².